The number of hydrogen-bond donors (Lipinski definition) is 0. The Labute approximate surface area is 108 Å². The molecule has 0 spiro atoms. The molecular formula is C16H22O2. The van der Waals surface area contributed by atoms with Gasteiger partial charge in [0.15, 0.2) is 5.79 Å². The maximum atomic E-state index is 6.58. The first-order valence-electron chi connectivity index (χ1n) is 8.04. The Bertz CT molecular complexity index is 435. The van der Waals surface area contributed by atoms with Gasteiger partial charge in [-0.1, -0.05) is 0 Å². The lowest BCUT2D eigenvalue weighted by Gasteiger charge is -2.41. The van der Waals surface area contributed by atoms with E-state index in [0.717, 1.165) is 47.3 Å². The molecule has 0 aromatic heterocycles. The Morgan fingerprint density at radius 2 is 1.78 bits per heavy atom. The number of rotatable bonds is 1. The van der Waals surface area contributed by atoms with Crippen molar-refractivity contribution in [2.75, 3.05) is 7.11 Å². The van der Waals surface area contributed by atoms with Crippen molar-refractivity contribution in [1.82, 2.24) is 0 Å². The summed E-state index contributed by atoms with van der Waals surface area (Å²) < 4.78 is 12.6. The molecule has 0 aromatic rings. The predicted molar refractivity (Wildman–Crippen MR) is 65.6 cm³/mol. The molecule has 18 heavy (non-hydrogen) atoms. The molecule has 5 fully saturated rings. The van der Waals surface area contributed by atoms with Crippen LogP contribution in [-0.2, 0) is 9.47 Å². The highest BCUT2D eigenvalue weighted by Gasteiger charge is 2.75. The van der Waals surface area contributed by atoms with Gasteiger partial charge in [0.1, 0.15) is 0 Å². The molecule has 3 saturated carbocycles. The zero-order valence-electron chi connectivity index (χ0n) is 11.0. The van der Waals surface area contributed by atoms with E-state index in [1.165, 1.54) is 25.7 Å². The molecule has 2 heterocycles. The lowest BCUT2D eigenvalue weighted by atomic mass is 9.63. The fourth-order valence-electron chi connectivity index (χ4n) is 7.89. The van der Waals surface area contributed by atoms with Gasteiger partial charge in [-0.05, 0) is 67.1 Å². The summed E-state index contributed by atoms with van der Waals surface area (Å²) in [5.41, 5.74) is 0. The van der Waals surface area contributed by atoms with Gasteiger partial charge < -0.3 is 9.47 Å². The van der Waals surface area contributed by atoms with Crippen molar-refractivity contribution in [2.24, 2.45) is 47.3 Å². The molecule has 2 saturated heterocycles. The van der Waals surface area contributed by atoms with Crippen molar-refractivity contribution in [3.63, 3.8) is 0 Å². The Kier molecular flexibility index (Phi) is 1.46. The molecule has 4 bridgehead atoms. The molecule has 98 valence electrons. The van der Waals surface area contributed by atoms with E-state index >= 15 is 0 Å². The molecular weight excluding hydrogens is 224 g/mol. The Balaban J connectivity index is 1.65. The maximum Gasteiger partial charge on any atom is 0.171 e. The Hall–Kier alpha value is -0.0800. The zero-order valence-corrected chi connectivity index (χ0v) is 11.0. The summed E-state index contributed by atoms with van der Waals surface area (Å²) >= 11 is 0. The van der Waals surface area contributed by atoms with Crippen molar-refractivity contribution in [3.8, 4) is 0 Å². The van der Waals surface area contributed by atoms with Gasteiger partial charge in [0.2, 0.25) is 0 Å². The molecule has 0 amide bonds. The summed E-state index contributed by atoms with van der Waals surface area (Å²) in [5.74, 6) is 7.48. The van der Waals surface area contributed by atoms with Crippen LogP contribution in [0.15, 0.2) is 0 Å². The first-order valence-corrected chi connectivity index (χ1v) is 8.04. The van der Waals surface area contributed by atoms with Crippen LogP contribution in [0, 0.1) is 47.3 Å². The molecule has 2 heteroatoms. The van der Waals surface area contributed by atoms with Crippen LogP contribution in [0.4, 0.5) is 0 Å². The lowest BCUT2D eigenvalue weighted by Crippen LogP contribution is -2.43. The monoisotopic (exact) mass is 246 g/mol. The van der Waals surface area contributed by atoms with Crippen LogP contribution in [0.1, 0.15) is 32.1 Å². The molecule has 3 aliphatic carbocycles. The average molecular weight is 246 g/mol. The second kappa shape index (κ2) is 2.69. The quantitative estimate of drug-likeness (QED) is 0.708. The molecule has 5 aliphatic rings. The lowest BCUT2D eigenvalue weighted by molar-refractivity contribution is -0.237. The van der Waals surface area contributed by atoms with Gasteiger partial charge in [-0.15, -0.1) is 0 Å². The molecule has 2 nitrogen and oxygen atoms in total. The van der Waals surface area contributed by atoms with Crippen LogP contribution in [0.5, 0.6) is 0 Å². The molecule has 10 atom stereocenters. The predicted octanol–water partition coefficient (Wildman–Crippen LogP) is 2.68. The number of hydrogen-bond acceptors (Lipinski definition) is 2. The summed E-state index contributed by atoms with van der Waals surface area (Å²) in [7, 11) is 1.92. The Morgan fingerprint density at radius 1 is 0.944 bits per heavy atom. The minimum absolute atomic E-state index is 0.155. The van der Waals surface area contributed by atoms with E-state index in [2.05, 4.69) is 0 Å². The summed E-state index contributed by atoms with van der Waals surface area (Å²) in [5, 5.41) is 0. The third-order valence-corrected chi connectivity index (χ3v) is 8.10. The van der Waals surface area contributed by atoms with E-state index in [-0.39, 0.29) is 5.79 Å². The van der Waals surface area contributed by atoms with Crippen molar-refractivity contribution in [2.45, 2.75) is 44.0 Å². The average Bonchev–Trinajstić information content (AvgIpc) is 2.96. The second-order valence-electron chi connectivity index (χ2n) is 8.10. The van der Waals surface area contributed by atoms with Gasteiger partial charge in [0.05, 0.1) is 6.10 Å². The van der Waals surface area contributed by atoms with E-state index in [1.54, 1.807) is 6.42 Å². The van der Waals surface area contributed by atoms with E-state index in [4.69, 9.17) is 9.47 Å². The normalized spacial score (nSPS) is 73.5. The van der Waals surface area contributed by atoms with Gasteiger partial charge in [-0.2, -0.15) is 0 Å². The van der Waals surface area contributed by atoms with Crippen LogP contribution in [0.2, 0.25) is 0 Å². The van der Waals surface area contributed by atoms with Crippen molar-refractivity contribution in [3.05, 3.63) is 0 Å². The van der Waals surface area contributed by atoms with Crippen molar-refractivity contribution in [1.29, 1.82) is 0 Å². The fraction of sp³-hybridized carbons (Fsp3) is 1.00. The highest BCUT2D eigenvalue weighted by Crippen LogP contribution is 2.75. The van der Waals surface area contributed by atoms with Gasteiger partial charge in [0, 0.05) is 19.4 Å². The SMILES string of the molecule is CO[C@@]12C[C@@H]3C[C@@H]4C5C[C@H]6[C@@H]4C[C@@H]3C[C@@H](O1)[C@H]6C52. The van der Waals surface area contributed by atoms with E-state index in [0.29, 0.717) is 6.10 Å². The molecule has 2 unspecified atom stereocenters. The third-order valence-electron chi connectivity index (χ3n) is 8.10. The fourth-order valence-corrected chi connectivity index (χ4v) is 7.89. The van der Waals surface area contributed by atoms with Gasteiger partial charge in [0.25, 0.3) is 0 Å². The molecule has 0 radical (unpaired) electrons. The summed E-state index contributed by atoms with van der Waals surface area (Å²) in [6.45, 7) is 0. The second-order valence-corrected chi connectivity index (χ2v) is 8.10. The summed E-state index contributed by atoms with van der Waals surface area (Å²) in [4.78, 5) is 0. The van der Waals surface area contributed by atoms with E-state index < -0.39 is 0 Å². The smallest absolute Gasteiger partial charge is 0.171 e. The number of methoxy groups -OCH3 is 1. The summed E-state index contributed by atoms with van der Waals surface area (Å²) in [6.07, 6.45) is 7.72. The molecule has 5 rings (SSSR count). The number of fused-ring (bicyclic) bond motifs is 13. The van der Waals surface area contributed by atoms with Crippen LogP contribution >= 0.6 is 0 Å². The van der Waals surface area contributed by atoms with Crippen LogP contribution < -0.4 is 0 Å². The largest absolute Gasteiger partial charge is 0.353 e. The van der Waals surface area contributed by atoms with Crippen molar-refractivity contribution >= 4 is 0 Å². The third kappa shape index (κ3) is 0.791. The van der Waals surface area contributed by atoms with Crippen LogP contribution in [-0.4, -0.2) is 19.0 Å². The van der Waals surface area contributed by atoms with E-state index in [1.807, 2.05) is 7.11 Å². The zero-order chi connectivity index (χ0) is 11.6. The Morgan fingerprint density at radius 3 is 2.67 bits per heavy atom. The first kappa shape index (κ1) is 9.77. The van der Waals surface area contributed by atoms with Crippen LogP contribution in [0.3, 0.4) is 0 Å². The maximum absolute atomic E-state index is 6.58. The first-order chi connectivity index (χ1) is 8.81. The van der Waals surface area contributed by atoms with Gasteiger partial charge in [-0.25, -0.2) is 0 Å². The topological polar surface area (TPSA) is 18.5 Å². The highest BCUT2D eigenvalue weighted by atomic mass is 16.7. The van der Waals surface area contributed by atoms with Crippen molar-refractivity contribution < 1.29 is 9.47 Å². The highest BCUT2D eigenvalue weighted by molar-refractivity contribution is 5.20. The molecule has 2 aliphatic heterocycles. The minimum Gasteiger partial charge on any atom is -0.353 e. The molecule has 0 N–H and O–H groups in total. The summed E-state index contributed by atoms with van der Waals surface area (Å²) in [6, 6.07) is 0. The molecule has 0 aromatic carbocycles. The number of ether oxygens (including phenoxy) is 2. The van der Waals surface area contributed by atoms with Gasteiger partial charge >= 0.3 is 0 Å². The minimum atomic E-state index is -0.155. The van der Waals surface area contributed by atoms with E-state index in [9.17, 15) is 0 Å². The van der Waals surface area contributed by atoms with Gasteiger partial charge in [-0.3, -0.25) is 0 Å². The van der Waals surface area contributed by atoms with Crippen LogP contribution in [0.25, 0.3) is 0 Å². The standard InChI is InChI=1S/C16H22O2/c1-17-16-6-8-3-10-9-2-7(8)4-13(18-16)14-11(9)5-12(10)15(14)16/h7-15H,2-6H2,1H3/t7-,8+,9-,10+,11+,12?,13-,14+,15?,16+/m1/s1.